The summed E-state index contributed by atoms with van der Waals surface area (Å²) in [6.45, 7) is 6.65. The topological polar surface area (TPSA) is 91.1 Å². The molecule has 1 spiro atoms. The molecule has 2 aliphatic heterocycles. The molecule has 0 saturated carbocycles. The summed E-state index contributed by atoms with van der Waals surface area (Å²) in [6.07, 6.45) is 1.03. The van der Waals surface area contributed by atoms with Gasteiger partial charge < -0.3 is 24.8 Å². The van der Waals surface area contributed by atoms with E-state index in [9.17, 15) is 9.59 Å². The first-order valence-electron chi connectivity index (χ1n) is 7.64. The number of rotatable bonds is 1. The molecule has 2 aliphatic rings. The average Bonchev–Trinajstić information content (AvgIpc) is 2.73. The smallest absolute Gasteiger partial charge is 0.410 e. The summed E-state index contributed by atoms with van der Waals surface area (Å²) >= 11 is 0. The number of esters is 1. The number of carbonyl (C=O) groups is 2. The quantitative estimate of drug-likeness (QED) is 0.723. The Morgan fingerprint density at radius 1 is 1.36 bits per heavy atom. The number of piperidine rings is 1. The summed E-state index contributed by atoms with van der Waals surface area (Å²) in [5.41, 5.74) is 4.70. The van der Waals surface area contributed by atoms with Crippen LogP contribution in [0.3, 0.4) is 0 Å². The van der Waals surface area contributed by atoms with E-state index in [1.807, 2.05) is 20.8 Å². The number of likely N-dealkylation sites (tertiary alicyclic amines) is 1. The summed E-state index contributed by atoms with van der Waals surface area (Å²) in [5.74, 6) is -0.932. The molecule has 2 fully saturated rings. The molecule has 126 valence electrons. The van der Waals surface area contributed by atoms with Gasteiger partial charge in [0.15, 0.2) is 0 Å². The van der Waals surface area contributed by atoms with Crippen molar-refractivity contribution in [2.24, 2.45) is 11.7 Å². The lowest BCUT2D eigenvalue weighted by Gasteiger charge is -2.42. The molecular formula is C15H26N2O5. The van der Waals surface area contributed by atoms with E-state index >= 15 is 0 Å². The minimum absolute atomic E-state index is 0.294. The molecule has 7 heteroatoms. The number of hydrogen-bond acceptors (Lipinski definition) is 6. The number of methoxy groups -OCH3 is 1. The van der Waals surface area contributed by atoms with Gasteiger partial charge in [0.2, 0.25) is 0 Å². The van der Waals surface area contributed by atoms with Gasteiger partial charge in [-0.25, -0.2) is 4.79 Å². The molecular weight excluding hydrogens is 288 g/mol. The number of ether oxygens (including phenoxy) is 3. The summed E-state index contributed by atoms with van der Waals surface area (Å²) < 4.78 is 16.2. The highest BCUT2D eigenvalue weighted by atomic mass is 16.6. The van der Waals surface area contributed by atoms with Crippen LogP contribution in [0.15, 0.2) is 0 Å². The highest BCUT2D eigenvalue weighted by molar-refractivity contribution is 5.76. The monoisotopic (exact) mass is 314 g/mol. The van der Waals surface area contributed by atoms with Crippen molar-refractivity contribution in [3.8, 4) is 0 Å². The molecule has 2 heterocycles. The van der Waals surface area contributed by atoms with Crippen molar-refractivity contribution in [1.29, 1.82) is 0 Å². The van der Waals surface area contributed by atoms with Gasteiger partial charge in [0.1, 0.15) is 17.1 Å². The third-order valence-electron chi connectivity index (χ3n) is 4.15. The zero-order valence-electron chi connectivity index (χ0n) is 13.8. The molecule has 0 aromatic carbocycles. The van der Waals surface area contributed by atoms with Crippen LogP contribution < -0.4 is 5.73 Å². The van der Waals surface area contributed by atoms with E-state index < -0.39 is 23.2 Å². The first-order chi connectivity index (χ1) is 10.2. The minimum Gasteiger partial charge on any atom is -0.469 e. The molecule has 0 aromatic rings. The summed E-state index contributed by atoms with van der Waals surface area (Å²) in [7, 11) is 1.34. The van der Waals surface area contributed by atoms with Gasteiger partial charge in [-0.1, -0.05) is 0 Å². The summed E-state index contributed by atoms with van der Waals surface area (Å²) in [6, 6.07) is -0.411. The number of amides is 1. The van der Waals surface area contributed by atoms with Gasteiger partial charge >= 0.3 is 12.1 Å². The second-order valence-electron chi connectivity index (χ2n) is 7.05. The van der Waals surface area contributed by atoms with Crippen molar-refractivity contribution in [3.63, 3.8) is 0 Å². The van der Waals surface area contributed by atoms with Gasteiger partial charge in [-0.3, -0.25) is 4.79 Å². The fourth-order valence-corrected chi connectivity index (χ4v) is 3.26. The first kappa shape index (κ1) is 17.0. The fraction of sp³-hybridized carbons (Fsp3) is 0.867. The van der Waals surface area contributed by atoms with Crippen LogP contribution in [0.25, 0.3) is 0 Å². The van der Waals surface area contributed by atoms with Crippen molar-refractivity contribution < 1.29 is 23.8 Å². The van der Waals surface area contributed by atoms with Crippen LogP contribution in [-0.2, 0) is 19.0 Å². The molecule has 2 saturated heterocycles. The second-order valence-corrected chi connectivity index (χ2v) is 7.05. The molecule has 2 rings (SSSR count). The fourth-order valence-electron chi connectivity index (χ4n) is 3.26. The lowest BCUT2D eigenvalue weighted by molar-refractivity contribution is -0.156. The normalized spacial score (nSPS) is 32.1. The Morgan fingerprint density at radius 2 is 2.05 bits per heavy atom. The van der Waals surface area contributed by atoms with Gasteiger partial charge in [-0.15, -0.1) is 0 Å². The van der Waals surface area contributed by atoms with Crippen LogP contribution >= 0.6 is 0 Å². The van der Waals surface area contributed by atoms with Gasteiger partial charge in [0.25, 0.3) is 0 Å². The van der Waals surface area contributed by atoms with Crippen molar-refractivity contribution >= 4 is 12.1 Å². The lowest BCUT2D eigenvalue weighted by Crippen LogP contribution is -2.57. The standard InChI is InChI=1S/C15H26N2O5/c1-14(2,3)22-13(19)17-7-5-6-15(9-17)11(12(18)20-4)10(16)8-21-15/h10-11H,5-9,16H2,1-4H3. The van der Waals surface area contributed by atoms with Crippen LogP contribution in [0.5, 0.6) is 0 Å². The highest BCUT2D eigenvalue weighted by Crippen LogP contribution is 2.40. The maximum absolute atomic E-state index is 12.3. The van der Waals surface area contributed by atoms with Crippen LogP contribution in [0.2, 0.25) is 0 Å². The van der Waals surface area contributed by atoms with Gasteiger partial charge in [0.05, 0.1) is 20.3 Å². The molecule has 0 aliphatic carbocycles. The maximum atomic E-state index is 12.3. The Kier molecular flexibility index (Phi) is 4.67. The highest BCUT2D eigenvalue weighted by Gasteiger charge is 2.55. The van der Waals surface area contributed by atoms with Crippen LogP contribution in [0.4, 0.5) is 4.79 Å². The molecule has 0 bridgehead atoms. The molecule has 3 unspecified atom stereocenters. The van der Waals surface area contributed by atoms with Crippen LogP contribution in [0.1, 0.15) is 33.6 Å². The van der Waals surface area contributed by atoms with Crippen molar-refractivity contribution in [2.45, 2.75) is 50.9 Å². The zero-order valence-corrected chi connectivity index (χ0v) is 13.8. The summed E-state index contributed by atoms with van der Waals surface area (Å²) in [4.78, 5) is 26.0. The van der Waals surface area contributed by atoms with Crippen molar-refractivity contribution in [1.82, 2.24) is 4.90 Å². The number of carbonyl (C=O) groups excluding carboxylic acids is 2. The second kappa shape index (κ2) is 6.04. The SMILES string of the molecule is COC(=O)C1C(N)COC12CCCN(C(=O)OC(C)(C)C)C2. The van der Waals surface area contributed by atoms with Crippen molar-refractivity contribution in [3.05, 3.63) is 0 Å². The van der Waals surface area contributed by atoms with Crippen LogP contribution in [-0.4, -0.2) is 61.0 Å². The molecule has 3 atom stereocenters. The third kappa shape index (κ3) is 3.35. The Hall–Kier alpha value is -1.34. The van der Waals surface area contributed by atoms with Crippen LogP contribution in [0, 0.1) is 5.92 Å². The van der Waals surface area contributed by atoms with E-state index in [1.165, 1.54) is 7.11 Å². The van der Waals surface area contributed by atoms with Gasteiger partial charge in [0, 0.05) is 12.6 Å². The Labute approximate surface area is 131 Å². The predicted octanol–water partition coefficient (Wildman–Crippen LogP) is 0.903. The Bertz CT molecular complexity index is 444. The number of nitrogens with zero attached hydrogens (tertiary/aromatic N) is 1. The Morgan fingerprint density at radius 3 is 2.64 bits per heavy atom. The van der Waals surface area contributed by atoms with Gasteiger partial charge in [-0.05, 0) is 33.6 Å². The lowest BCUT2D eigenvalue weighted by atomic mass is 9.79. The van der Waals surface area contributed by atoms with E-state index in [1.54, 1.807) is 4.90 Å². The van der Waals surface area contributed by atoms with E-state index in [4.69, 9.17) is 19.9 Å². The first-order valence-corrected chi connectivity index (χ1v) is 7.64. The van der Waals surface area contributed by atoms with E-state index in [0.29, 0.717) is 26.1 Å². The molecule has 0 aromatic heterocycles. The largest absolute Gasteiger partial charge is 0.469 e. The summed E-state index contributed by atoms with van der Waals surface area (Å²) in [5, 5.41) is 0. The van der Waals surface area contributed by atoms with Gasteiger partial charge in [-0.2, -0.15) is 0 Å². The predicted molar refractivity (Wildman–Crippen MR) is 79.2 cm³/mol. The molecule has 2 N–H and O–H groups in total. The zero-order chi connectivity index (χ0) is 16.5. The molecule has 7 nitrogen and oxygen atoms in total. The van der Waals surface area contributed by atoms with Crippen molar-refractivity contribution in [2.75, 3.05) is 26.8 Å². The minimum atomic E-state index is -0.762. The Balaban J connectivity index is 2.15. The third-order valence-corrected chi connectivity index (χ3v) is 4.15. The van der Waals surface area contributed by atoms with E-state index in [-0.39, 0.29) is 12.1 Å². The maximum Gasteiger partial charge on any atom is 0.410 e. The molecule has 1 amide bonds. The van der Waals surface area contributed by atoms with E-state index in [0.717, 1.165) is 6.42 Å². The molecule has 22 heavy (non-hydrogen) atoms. The number of hydrogen-bond donors (Lipinski definition) is 1. The number of nitrogens with two attached hydrogens (primary N) is 1. The molecule has 0 radical (unpaired) electrons. The van der Waals surface area contributed by atoms with E-state index in [2.05, 4.69) is 0 Å². The average molecular weight is 314 g/mol.